The van der Waals surface area contributed by atoms with E-state index in [0.717, 1.165) is 36.5 Å². The monoisotopic (exact) mass is 423 g/mol. The topological polar surface area (TPSA) is 90.4 Å². The summed E-state index contributed by atoms with van der Waals surface area (Å²) >= 11 is 0. The summed E-state index contributed by atoms with van der Waals surface area (Å²) in [5.74, 6) is -0.311. The molecule has 9 nitrogen and oxygen atoms in total. The SMILES string of the molecule is CCc1nn2c(nnc3c(=O)n(CCN4CCOCC4)cnc32)c1-c1ccc(F)cc1. The van der Waals surface area contributed by atoms with Gasteiger partial charge in [0, 0.05) is 26.2 Å². The molecule has 0 atom stereocenters. The number of ether oxygens (including phenoxy) is 1. The molecule has 0 N–H and O–H groups in total. The van der Waals surface area contributed by atoms with Crippen molar-refractivity contribution in [2.24, 2.45) is 0 Å². The highest BCUT2D eigenvalue weighted by atomic mass is 19.1. The molecule has 160 valence electrons. The number of halogens is 1. The van der Waals surface area contributed by atoms with Crippen LogP contribution in [0.1, 0.15) is 12.6 Å². The van der Waals surface area contributed by atoms with Crippen LogP contribution in [-0.4, -0.2) is 67.1 Å². The Morgan fingerprint density at radius 2 is 1.84 bits per heavy atom. The zero-order chi connectivity index (χ0) is 21.4. The Labute approximate surface area is 177 Å². The van der Waals surface area contributed by atoms with Crippen LogP contribution < -0.4 is 5.56 Å². The second kappa shape index (κ2) is 8.12. The molecule has 4 heterocycles. The molecule has 0 amide bonds. The van der Waals surface area contributed by atoms with E-state index in [2.05, 4.69) is 25.2 Å². The van der Waals surface area contributed by atoms with Crippen LogP contribution in [0.4, 0.5) is 4.39 Å². The molecule has 1 saturated heterocycles. The van der Waals surface area contributed by atoms with Crippen LogP contribution in [0.2, 0.25) is 0 Å². The van der Waals surface area contributed by atoms with Gasteiger partial charge >= 0.3 is 0 Å². The zero-order valence-electron chi connectivity index (χ0n) is 17.2. The fourth-order valence-corrected chi connectivity index (χ4v) is 3.90. The maximum Gasteiger partial charge on any atom is 0.283 e. The molecule has 10 heteroatoms. The molecule has 0 saturated carbocycles. The van der Waals surface area contributed by atoms with Crippen molar-refractivity contribution >= 4 is 16.8 Å². The largest absolute Gasteiger partial charge is 0.379 e. The molecule has 0 spiro atoms. The van der Waals surface area contributed by atoms with E-state index >= 15 is 0 Å². The smallest absolute Gasteiger partial charge is 0.283 e. The average molecular weight is 423 g/mol. The van der Waals surface area contributed by atoms with Crippen molar-refractivity contribution in [3.63, 3.8) is 0 Å². The molecule has 1 aromatic carbocycles. The lowest BCUT2D eigenvalue weighted by atomic mass is 10.0. The second-order valence-electron chi connectivity index (χ2n) is 7.49. The number of benzene rings is 1. The van der Waals surface area contributed by atoms with Gasteiger partial charge in [0.15, 0.2) is 16.8 Å². The number of aromatic nitrogens is 6. The van der Waals surface area contributed by atoms with Crippen molar-refractivity contribution in [3.8, 4) is 11.1 Å². The van der Waals surface area contributed by atoms with E-state index in [4.69, 9.17) is 4.74 Å². The molecular weight excluding hydrogens is 401 g/mol. The molecule has 0 aliphatic carbocycles. The Morgan fingerprint density at radius 1 is 1.06 bits per heavy atom. The molecule has 3 aromatic heterocycles. The van der Waals surface area contributed by atoms with E-state index in [-0.39, 0.29) is 16.9 Å². The van der Waals surface area contributed by atoms with Crippen molar-refractivity contribution in [2.75, 3.05) is 32.8 Å². The minimum atomic E-state index is -0.311. The van der Waals surface area contributed by atoms with Crippen LogP contribution >= 0.6 is 0 Å². The molecule has 0 bridgehead atoms. The minimum Gasteiger partial charge on any atom is -0.379 e. The number of hydrogen-bond acceptors (Lipinski definition) is 7. The molecule has 5 rings (SSSR count). The van der Waals surface area contributed by atoms with Gasteiger partial charge in [0.1, 0.15) is 12.1 Å². The highest BCUT2D eigenvalue weighted by Crippen LogP contribution is 2.28. The summed E-state index contributed by atoms with van der Waals surface area (Å²) < 4.78 is 21.9. The number of aryl methyl sites for hydroxylation is 1. The van der Waals surface area contributed by atoms with Crippen LogP contribution in [0.3, 0.4) is 0 Å². The first kappa shape index (κ1) is 19.7. The van der Waals surface area contributed by atoms with Crippen molar-refractivity contribution in [1.82, 2.24) is 34.3 Å². The summed E-state index contributed by atoms with van der Waals surface area (Å²) in [5, 5.41) is 13.1. The van der Waals surface area contributed by atoms with Gasteiger partial charge in [0.05, 0.1) is 24.5 Å². The maximum atomic E-state index is 13.4. The summed E-state index contributed by atoms with van der Waals surface area (Å²) in [4.78, 5) is 19.8. The number of hydrogen-bond donors (Lipinski definition) is 0. The second-order valence-corrected chi connectivity index (χ2v) is 7.49. The van der Waals surface area contributed by atoms with Gasteiger partial charge in [-0.1, -0.05) is 19.1 Å². The lowest BCUT2D eigenvalue weighted by Gasteiger charge is -2.26. The van der Waals surface area contributed by atoms with Crippen molar-refractivity contribution < 1.29 is 9.13 Å². The van der Waals surface area contributed by atoms with Gasteiger partial charge in [-0.25, -0.2) is 9.37 Å². The molecule has 1 fully saturated rings. The molecular formula is C21H22FN7O2. The summed E-state index contributed by atoms with van der Waals surface area (Å²) in [6.45, 7) is 6.37. The Balaban J connectivity index is 1.56. The fraction of sp³-hybridized carbons (Fsp3) is 0.381. The summed E-state index contributed by atoms with van der Waals surface area (Å²) in [5.41, 5.74) is 3.13. The first-order valence-electron chi connectivity index (χ1n) is 10.3. The number of morpholine rings is 1. The Kier molecular flexibility index (Phi) is 5.16. The van der Waals surface area contributed by atoms with E-state index in [9.17, 15) is 9.18 Å². The van der Waals surface area contributed by atoms with E-state index in [0.29, 0.717) is 37.5 Å². The van der Waals surface area contributed by atoms with Gasteiger partial charge in [-0.2, -0.15) is 9.61 Å². The van der Waals surface area contributed by atoms with Gasteiger partial charge in [-0.3, -0.25) is 14.3 Å². The van der Waals surface area contributed by atoms with E-state index in [1.54, 1.807) is 21.2 Å². The van der Waals surface area contributed by atoms with E-state index in [1.165, 1.54) is 18.5 Å². The van der Waals surface area contributed by atoms with E-state index in [1.807, 2.05) is 6.92 Å². The Hall–Kier alpha value is -3.24. The predicted octanol–water partition coefficient (Wildman–Crippen LogP) is 1.53. The normalized spacial score (nSPS) is 15.2. The minimum absolute atomic E-state index is 0.174. The van der Waals surface area contributed by atoms with Gasteiger partial charge in [0.2, 0.25) is 0 Å². The van der Waals surface area contributed by atoms with Gasteiger partial charge in [0.25, 0.3) is 5.56 Å². The van der Waals surface area contributed by atoms with Gasteiger partial charge in [-0.05, 0) is 24.1 Å². The van der Waals surface area contributed by atoms with Crippen LogP contribution in [0.15, 0.2) is 35.4 Å². The quantitative estimate of drug-likeness (QED) is 0.481. The molecule has 1 aliphatic heterocycles. The molecule has 0 radical (unpaired) electrons. The predicted molar refractivity (Wildman–Crippen MR) is 112 cm³/mol. The zero-order valence-corrected chi connectivity index (χ0v) is 17.2. The highest BCUT2D eigenvalue weighted by molar-refractivity contribution is 5.83. The number of rotatable bonds is 5. The van der Waals surface area contributed by atoms with Crippen molar-refractivity contribution in [3.05, 3.63) is 52.5 Å². The van der Waals surface area contributed by atoms with Crippen molar-refractivity contribution in [1.29, 1.82) is 0 Å². The average Bonchev–Trinajstić information content (AvgIpc) is 3.19. The molecule has 1 aliphatic rings. The molecule has 0 unspecified atom stereocenters. The fourth-order valence-electron chi connectivity index (χ4n) is 3.90. The Morgan fingerprint density at radius 3 is 2.58 bits per heavy atom. The standard InChI is InChI=1S/C21H22FN7O2/c1-2-16-17(14-3-5-15(22)6-4-14)19-25-24-18-20(29(19)26-16)23-13-28(21(18)30)8-7-27-9-11-31-12-10-27/h3-6,13H,2,7-12H2,1H3. The van der Waals surface area contributed by atoms with E-state index < -0.39 is 0 Å². The van der Waals surface area contributed by atoms with Crippen LogP contribution in [0.5, 0.6) is 0 Å². The summed E-state index contributed by atoms with van der Waals surface area (Å²) in [6, 6.07) is 6.18. The first-order chi connectivity index (χ1) is 15.2. The third-order valence-corrected chi connectivity index (χ3v) is 5.60. The third kappa shape index (κ3) is 3.57. The van der Waals surface area contributed by atoms with Crippen molar-refractivity contribution in [2.45, 2.75) is 19.9 Å². The van der Waals surface area contributed by atoms with Gasteiger partial charge < -0.3 is 4.74 Å². The first-order valence-corrected chi connectivity index (χ1v) is 10.3. The van der Waals surface area contributed by atoms with Crippen LogP contribution in [0, 0.1) is 5.82 Å². The Bertz CT molecular complexity index is 1290. The van der Waals surface area contributed by atoms with Crippen LogP contribution in [-0.2, 0) is 17.7 Å². The lowest BCUT2D eigenvalue weighted by molar-refractivity contribution is 0.0362. The summed E-state index contributed by atoms with van der Waals surface area (Å²) in [6.07, 6.45) is 2.19. The summed E-state index contributed by atoms with van der Waals surface area (Å²) in [7, 11) is 0. The van der Waals surface area contributed by atoms with Crippen LogP contribution in [0.25, 0.3) is 27.9 Å². The number of fused-ring (bicyclic) bond motifs is 3. The maximum absolute atomic E-state index is 13.4. The lowest BCUT2D eigenvalue weighted by Crippen LogP contribution is -2.39. The highest BCUT2D eigenvalue weighted by Gasteiger charge is 2.20. The molecule has 31 heavy (non-hydrogen) atoms. The number of nitrogens with zero attached hydrogens (tertiary/aromatic N) is 7. The van der Waals surface area contributed by atoms with Gasteiger partial charge in [-0.15, -0.1) is 10.2 Å². The third-order valence-electron chi connectivity index (χ3n) is 5.60. The molecule has 4 aromatic rings.